The third-order valence-corrected chi connectivity index (χ3v) is 3.67. The second-order valence-corrected chi connectivity index (χ2v) is 5.55. The Balaban J connectivity index is 2.42. The molecule has 0 radical (unpaired) electrons. The van der Waals surface area contributed by atoms with Crippen molar-refractivity contribution in [2.45, 2.75) is 0 Å². The van der Waals surface area contributed by atoms with E-state index >= 15 is 0 Å². The van der Waals surface area contributed by atoms with Gasteiger partial charge in [0.1, 0.15) is 5.69 Å². The van der Waals surface area contributed by atoms with Gasteiger partial charge in [0, 0.05) is 22.4 Å². The van der Waals surface area contributed by atoms with Gasteiger partial charge in [-0.3, -0.25) is 10.1 Å². The zero-order chi connectivity index (χ0) is 15.6. The molecular weight excluding hydrogens is 387 g/mol. The van der Waals surface area contributed by atoms with E-state index in [0.717, 1.165) is 3.57 Å². The number of hydrogen-bond acceptors (Lipinski definition) is 4. The van der Waals surface area contributed by atoms with Crippen LogP contribution in [-0.2, 0) is 0 Å². The van der Waals surface area contributed by atoms with Gasteiger partial charge >= 0.3 is 5.97 Å². The second-order valence-electron chi connectivity index (χ2n) is 4.30. The Morgan fingerprint density at radius 2 is 1.86 bits per heavy atom. The Morgan fingerprint density at radius 1 is 1.24 bits per heavy atom. The molecule has 0 saturated heterocycles. The fourth-order valence-electron chi connectivity index (χ4n) is 1.89. The summed E-state index contributed by atoms with van der Waals surface area (Å²) >= 11 is 2.02. The Hall–Kier alpha value is -2.16. The van der Waals surface area contributed by atoms with Gasteiger partial charge in [-0.25, -0.2) is 4.79 Å². The zero-order valence-electron chi connectivity index (χ0n) is 11.0. The van der Waals surface area contributed by atoms with Crippen LogP contribution in [0.25, 0.3) is 0 Å². The monoisotopic (exact) mass is 398 g/mol. The lowest BCUT2D eigenvalue weighted by atomic mass is 10.2. The van der Waals surface area contributed by atoms with Crippen LogP contribution < -0.4 is 4.90 Å². The first kappa shape index (κ1) is 15.2. The standard InChI is InChI=1S/C14H11IN2O4/c1-16(11-5-2-9(3-6-11)14(18)19)12-7-4-10(15)8-13(12)17(20)21/h2-8H,1H3,(H,18,19). The molecule has 0 spiro atoms. The molecule has 1 N–H and O–H groups in total. The summed E-state index contributed by atoms with van der Waals surface area (Å²) in [6.07, 6.45) is 0. The van der Waals surface area contributed by atoms with Gasteiger partial charge in [-0.05, 0) is 59.0 Å². The van der Waals surface area contributed by atoms with Crippen molar-refractivity contribution >= 4 is 45.6 Å². The maximum Gasteiger partial charge on any atom is 0.335 e. The van der Waals surface area contributed by atoms with Crippen molar-refractivity contribution < 1.29 is 14.8 Å². The summed E-state index contributed by atoms with van der Waals surface area (Å²) in [5.41, 5.74) is 1.30. The Morgan fingerprint density at radius 3 is 2.38 bits per heavy atom. The van der Waals surface area contributed by atoms with E-state index in [-0.39, 0.29) is 11.3 Å². The van der Waals surface area contributed by atoms with Crippen LogP contribution in [0, 0.1) is 13.7 Å². The maximum absolute atomic E-state index is 11.2. The molecule has 21 heavy (non-hydrogen) atoms. The SMILES string of the molecule is CN(c1ccc(C(=O)O)cc1)c1ccc(I)cc1[N+](=O)[O-]. The molecule has 0 fully saturated rings. The Kier molecular flexibility index (Phi) is 4.41. The van der Waals surface area contributed by atoms with Crippen molar-refractivity contribution in [3.05, 3.63) is 61.7 Å². The topological polar surface area (TPSA) is 83.7 Å². The van der Waals surface area contributed by atoms with Crippen LogP contribution in [0.3, 0.4) is 0 Å². The van der Waals surface area contributed by atoms with E-state index in [0.29, 0.717) is 11.4 Å². The maximum atomic E-state index is 11.2. The molecule has 7 heteroatoms. The van der Waals surface area contributed by atoms with Crippen molar-refractivity contribution in [2.75, 3.05) is 11.9 Å². The van der Waals surface area contributed by atoms with Crippen molar-refractivity contribution in [3.63, 3.8) is 0 Å². The number of carboxylic acids is 1. The van der Waals surface area contributed by atoms with Crippen molar-refractivity contribution in [1.29, 1.82) is 0 Å². The van der Waals surface area contributed by atoms with Crippen LogP contribution in [0.4, 0.5) is 17.1 Å². The fraction of sp³-hybridized carbons (Fsp3) is 0.0714. The number of aromatic carboxylic acids is 1. The van der Waals surface area contributed by atoms with Crippen LogP contribution in [0.5, 0.6) is 0 Å². The second kappa shape index (κ2) is 6.08. The Bertz CT molecular complexity index is 701. The van der Waals surface area contributed by atoms with Crippen molar-refractivity contribution in [1.82, 2.24) is 0 Å². The van der Waals surface area contributed by atoms with Crippen LogP contribution >= 0.6 is 22.6 Å². The highest BCUT2D eigenvalue weighted by molar-refractivity contribution is 14.1. The first-order valence-corrected chi connectivity index (χ1v) is 6.99. The van der Waals surface area contributed by atoms with E-state index < -0.39 is 10.9 Å². The molecule has 0 aromatic heterocycles. The summed E-state index contributed by atoms with van der Waals surface area (Å²) in [6, 6.07) is 11.1. The third kappa shape index (κ3) is 3.30. The van der Waals surface area contributed by atoms with E-state index in [2.05, 4.69) is 0 Å². The molecule has 0 unspecified atom stereocenters. The quantitative estimate of drug-likeness (QED) is 0.483. The van der Waals surface area contributed by atoms with Gasteiger partial charge in [-0.2, -0.15) is 0 Å². The average Bonchev–Trinajstić information content (AvgIpc) is 2.46. The number of halogens is 1. The van der Waals surface area contributed by atoms with Gasteiger partial charge < -0.3 is 10.0 Å². The molecule has 0 aliphatic carbocycles. The highest BCUT2D eigenvalue weighted by atomic mass is 127. The summed E-state index contributed by atoms with van der Waals surface area (Å²) in [6.45, 7) is 0. The van der Waals surface area contributed by atoms with Crippen LogP contribution in [-0.4, -0.2) is 23.0 Å². The smallest absolute Gasteiger partial charge is 0.335 e. The summed E-state index contributed by atoms with van der Waals surface area (Å²) in [5, 5.41) is 20.0. The molecule has 0 aliphatic rings. The molecule has 0 amide bonds. The van der Waals surface area contributed by atoms with E-state index in [1.807, 2.05) is 22.6 Å². The normalized spacial score (nSPS) is 10.2. The first-order valence-electron chi connectivity index (χ1n) is 5.91. The molecule has 2 aromatic rings. The average molecular weight is 398 g/mol. The van der Waals surface area contributed by atoms with E-state index in [1.54, 1.807) is 36.2 Å². The van der Waals surface area contributed by atoms with Gasteiger partial charge in [0.2, 0.25) is 0 Å². The van der Waals surface area contributed by atoms with Gasteiger partial charge in [0.15, 0.2) is 0 Å². The predicted molar refractivity (Wildman–Crippen MR) is 87.3 cm³/mol. The zero-order valence-corrected chi connectivity index (χ0v) is 13.1. The third-order valence-electron chi connectivity index (χ3n) is 3.00. The first-order chi connectivity index (χ1) is 9.90. The van der Waals surface area contributed by atoms with Crippen molar-refractivity contribution in [3.8, 4) is 0 Å². The molecule has 0 heterocycles. The minimum absolute atomic E-state index is 0.00621. The number of carboxylic acid groups (broad SMARTS) is 1. The number of nitrogens with zero attached hydrogens (tertiary/aromatic N) is 2. The van der Waals surface area contributed by atoms with E-state index in [1.165, 1.54) is 18.2 Å². The summed E-state index contributed by atoms with van der Waals surface area (Å²) in [7, 11) is 1.70. The molecule has 108 valence electrons. The molecular formula is C14H11IN2O4. The Labute approximate surface area is 134 Å². The molecule has 6 nitrogen and oxygen atoms in total. The van der Waals surface area contributed by atoms with Gasteiger partial charge in [0.25, 0.3) is 5.69 Å². The van der Waals surface area contributed by atoms with Crippen LogP contribution in [0.2, 0.25) is 0 Å². The highest BCUT2D eigenvalue weighted by Gasteiger charge is 2.18. The molecule has 2 rings (SSSR count). The molecule has 0 saturated carbocycles. The minimum atomic E-state index is -1.01. The fourth-order valence-corrected chi connectivity index (χ4v) is 2.37. The minimum Gasteiger partial charge on any atom is -0.478 e. The van der Waals surface area contributed by atoms with Crippen LogP contribution in [0.1, 0.15) is 10.4 Å². The number of nitro benzene ring substituents is 1. The van der Waals surface area contributed by atoms with E-state index in [9.17, 15) is 14.9 Å². The van der Waals surface area contributed by atoms with Crippen molar-refractivity contribution in [2.24, 2.45) is 0 Å². The number of carbonyl (C=O) groups is 1. The largest absolute Gasteiger partial charge is 0.478 e. The summed E-state index contributed by atoms with van der Waals surface area (Å²) < 4.78 is 0.776. The van der Waals surface area contributed by atoms with Gasteiger partial charge in [0.05, 0.1) is 10.5 Å². The number of anilines is 2. The highest BCUT2D eigenvalue weighted by Crippen LogP contribution is 2.33. The van der Waals surface area contributed by atoms with Gasteiger partial charge in [-0.15, -0.1) is 0 Å². The number of benzene rings is 2. The van der Waals surface area contributed by atoms with Crippen LogP contribution in [0.15, 0.2) is 42.5 Å². The molecule has 0 atom stereocenters. The number of hydrogen-bond donors (Lipinski definition) is 1. The number of rotatable bonds is 4. The molecule has 2 aromatic carbocycles. The van der Waals surface area contributed by atoms with Gasteiger partial charge in [-0.1, -0.05) is 0 Å². The van der Waals surface area contributed by atoms with E-state index in [4.69, 9.17) is 5.11 Å². The predicted octanol–water partition coefficient (Wildman–Crippen LogP) is 3.67. The summed E-state index contributed by atoms with van der Waals surface area (Å²) in [4.78, 5) is 23.2. The number of nitro groups is 1. The summed E-state index contributed by atoms with van der Waals surface area (Å²) in [5.74, 6) is -1.01. The lowest BCUT2D eigenvalue weighted by molar-refractivity contribution is -0.384. The lowest BCUT2D eigenvalue weighted by Crippen LogP contribution is -2.12. The molecule has 0 aliphatic heterocycles. The molecule has 0 bridgehead atoms. The lowest BCUT2D eigenvalue weighted by Gasteiger charge is -2.19.